The number of oxazole rings is 1. The molecule has 0 atom stereocenters. The van der Waals surface area contributed by atoms with Gasteiger partial charge in [0.15, 0.2) is 0 Å². The molecule has 23 heavy (non-hydrogen) atoms. The summed E-state index contributed by atoms with van der Waals surface area (Å²) in [7, 11) is -1.58. The fourth-order valence-corrected chi connectivity index (χ4v) is 2.07. The van der Waals surface area contributed by atoms with E-state index in [1.165, 1.54) is 11.1 Å². The van der Waals surface area contributed by atoms with Crippen LogP contribution in [0.25, 0.3) is 22.2 Å². The number of hydrogen-bond acceptors (Lipinski definition) is 5. The SMILES string of the molecule is COS(=O)(=O)[O-].Cc1oc2ccc(-c3ccccc3)cc2[n+]1C. The molecule has 0 fully saturated rings. The third-order valence-corrected chi connectivity index (χ3v) is 3.77. The molecule has 3 aromatic rings. The van der Waals surface area contributed by atoms with Gasteiger partial charge < -0.3 is 8.97 Å². The molecule has 1 aromatic heterocycles. The lowest BCUT2D eigenvalue weighted by Crippen LogP contribution is -2.28. The van der Waals surface area contributed by atoms with Crippen LogP contribution in [0, 0.1) is 6.92 Å². The van der Waals surface area contributed by atoms with Gasteiger partial charge in [-0.05, 0) is 17.2 Å². The molecule has 7 heteroatoms. The zero-order valence-electron chi connectivity index (χ0n) is 13.0. The number of hydrogen-bond donors (Lipinski definition) is 0. The molecule has 6 nitrogen and oxygen atoms in total. The van der Waals surface area contributed by atoms with Crippen LogP contribution in [-0.2, 0) is 21.6 Å². The van der Waals surface area contributed by atoms with E-state index in [0.717, 1.165) is 24.1 Å². The first-order valence-corrected chi connectivity index (χ1v) is 8.11. The van der Waals surface area contributed by atoms with E-state index in [2.05, 4.69) is 45.1 Å². The lowest BCUT2D eigenvalue weighted by atomic mass is 10.1. The van der Waals surface area contributed by atoms with E-state index in [0.29, 0.717) is 0 Å². The van der Waals surface area contributed by atoms with Crippen molar-refractivity contribution in [2.45, 2.75) is 6.92 Å². The summed E-state index contributed by atoms with van der Waals surface area (Å²) >= 11 is 0. The molecule has 0 saturated carbocycles. The predicted molar refractivity (Wildman–Crippen MR) is 84.3 cm³/mol. The minimum atomic E-state index is -4.41. The highest BCUT2D eigenvalue weighted by atomic mass is 32.3. The van der Waals surface area contributed by atoms with E-state index in [1.54, 1.807) is 0 Å². The second-order valence-corrected chi connectivity index (χ2v) is 5.95. The molecule has 0 bridgehead atoms. The van der Waals surface area contributed by atoms with E-state index in [9.17, 15) is 13.0 Å². The summed E-state index contributed by atoms with van der Waals surface area (Å²) in [6.45, 7) is 1.97. The van der Waals surface area contributed by atoms with Crippen molar-refractivity contribution in [2.24, 2.45) is 7.05 Å². The standard InChI is InChI=1S/C15H14NO.CH4O4S/c1-11-16(2)14-10-13(8-9-15(14)17-11)12-6-4-3-5-7-12;1-5-6(2,3)4/h3-10H,1-2H3;1H3,(H,2,3,4)/q+1;/p-1. The van der Waals surface area contributed by atoms with Crippen LogP contribution in [-0.4, -0.2) is 20.1 Å². The van der Waals surface area contributed by atoms with E-state index >= 15 is 0 Å². The lowest BCUT2D eigenvalue weighted by molar-refractivity contribution is -0.657. The van der Waals surface area contributed by atoms with Gasteiger partial charge in [0, 0.05) is 6.07 Å². The third-order valence-electron chi connectivity index (χ3n) is 3.36. The quantitative estimate of drug-likeness (QED) is 0.408. The predicted octanol–water partition coefficient (Wildman–Crippen LogP) is 2.33. The van der Waals surface area contributed by atoms with Crippen LogP contribution in [0.4, 0.5) is 0 Å². The number of aromatic nitrogens is 1. The summed E-state index contributed by atoms with van der Waals surface area (Å²) in [6, 6.07) is 16.7. The number of fused-ring (bicyclic) bond motifs is 1. The summed E-state index contributed by atoms with van der Waals surface area (Å²) in [5.41, 5.74) is 4.51. The Morgan fingerprint density at radius 2 is 1.70 bits per heavy atom. The molecule has 0 N–H and O–H groups in total. The summed E-state index contributed by atoms with van der Waals surface area (Å²) in [5, 5.41) is 0. The van der Waals surface area contributed by atoms with Gasteiger partial charge >= 0.3 is 5.89 Å². The van der Waals surface area contributed by atoms with E-state index in [-0.39, 0.29) is 0 Å². The fraction of sp³-hybridized carbons (Fsp3) is 0.188. The summed E-state index contributed by atoms with van der Waals surface area (Å²) in [6.07, 6.45) is 0. The van der Waals surface area contributed by atoms with Crippen molar-refractivity contribution in [1.29, 1.82) is 0 Å². The van der Waals surface area contributed by atoms with Crippen molar-refractivity contribution < 1.29 is 26.1 Å². The summed E-state index contributed by atoms with van der Waals surface area (Å²) < 4.78 is 38.7. The van der Waals surface area contributed by atoms with Crippen LogP contribution < -0.4 is 4.57 Å². The molecule has 2 aromatic carbocycles. The summed E-state index contributed by atoms with van der Waals surface area (Å²) in [5.74, 6) is 0.921. The highest BCUT2D eigenvalue weighted by molar-refractivity contribution is 7.80. The van der Waals surface area contributed by atoms with Gasteiger partial charge in [0.05, 0.1) is 14.0 Å². The van der Waals surface area contributed by atoms with Crippen LogP contribution in [0.5, 0.6) is 0 Å². The average molecular weight is 335 g/mol. The van der Waals surface area contributed by atoms with Gasteiger partial charge in [-0.1, -0.05) is 36.4 Å². The maximum atomic E-state index is 9.22. The topological polar surface area (TPSA) is 83.5 Å². The highest BCUT2D eigenvalue weighted by Gasteiger charge is 2.15. The molecule has 0 aliphatic rings. The van der Waals surface area contributed by atoms with Crippen LogP contribution in [0.15, 0.2) is 52.9 Å². The molecule has 0 aliphatic carbocycles. The minimum Gasteiger partial charge on any atom is -0.726 e. The number of aryl methyl sites for hydroxylation is 2. The minimum absolute atomic E-state index is 0.808. The van der Waals surface area contributed by atoms with E-state index in [1.807, 2.05) is 26.1 Å². The first kappa shape index (κ1) is 17.1. The third kappa shape index (κ3) is 4.38. The van der Waals surface area contributed by atoms with Gasteiger partial charge in [0.1, 0.15) is 7.05 Å². The van der Waals surface area contributed by atoms with Crippen LogP contribution in [0.1, 0.15) is 5.89 Å². The van der Waals surface area contributed by atoms with Gasteiger partial charge in [-0.25, -0.2) is 8.42 Å². The van der Waals surface area contributed by atoms with E-state index in [4.69, 9.17) is 4.42 Å². The molecule has 1 heterocycles. The number of benzene rings is 2. The Hall–Kier alpha value is -2.22. The molecule has 0 radical (unpaired) electrons. The zero-order chi connectivity index (χ0) is 17.0. The second kappa shape index (κ2) is 6.91. The zero-order valence-corrected chi connectivity index (χ0v) is 13.8. The Balaban J connectivity index is 0.000000277. The van der Waals surface area contributed by atoms with Crippen molar-refractivity contribution in [3.05, 3.63) is 54.4 Å². The van der Waals surface area contributed by atoms with Crippen LogP contribution in [0.3, 0.4) is 0 Å². The lowest BCUT2D eigenvalue weighted by Gasteiger charge is -1.98. The van der Waals surface area contributed by atoms with Gasteiger partial charge in [-0.2, -0.15) is 4.57 Å². The van der Waals surface area contributed by atoms with Crippen molar-refractivity contribution in [3.63, 3.8) is 0 Å². The Morgan fingerprint density at radius 3 is 2.26 bits per heavy atom. The van der Waals surface area contributed by atoms with Crippen molar-refractivity contribution in [2.75, 3.05) is 7.11 Å². The molecular formula is C16H17NO5S. The number of nitrogens with zero attached hydrogens (tertiary/aromatic N) is 1. The summed E-state index contributed by atoms with van der Waals surface area (Å²) in [4.78, 5) is 0. The molecule has 122 valence electrons. The molecule has 0 aliphatic heterocycles. The molecule has 0 amide bonds. The molecular weight excluding hydrogens is 318 g/mol. The monoisotopic (exact) mass is 335 g/mol. The maximum Gasteiger partial charge on any atom is 0.344 e. The van der Waals surface area contributed by atoms with Crippen molar-refractivity contribution >= 4 is 21.5 Å². The largest absolute Gasteiger partial charge is 0.726 e. The molecule has 0 spiro atoms. The van der Waals surface area contributed by atoms with Crippen LogP contribution >= 0.6 is 0 Å². The van der Waals surface area contributed by atoms with Crippen LogP contribution in [0.2, 0.25) is 0 Å². The van der Waals surface area contributed by atoms with Gasteiger partial charge in [-0.3, -0.25) is 4.18 Å². The Kier molecular flexibility index (Phi) is 5.15. The Bertz CT molecular complexity index is 901. The van der Waals surface area contributed by atoms with Gasteiger partial charge in [0.2, 0.25) is 16.0 Å². The molecule has 3 rings (SSSR count). The van der Waals surface area contributed by atoms with Gasteiger partial charge in [0.25, 0.3) is 5.52 Å². The average Bonchev–Trinajstić information content (AvgIpc) is 2.82. The van der Waals surface area contributed by atoms with Crippen molar-refractivity contribution in [3.8, 4) is 11.1 Å². The van der Waals surface area contributed by atoms with Crippen molar-refractivity contribution in [1.82, 2.24) is 0 Å². The first-order valence-electron chi connectivity index (χ1n) is 6.78. The fourth-order valence-electron chi connectivity index (χ4n) is 2.07. The smallest absolute Gasteiger partial charge is 0.344 e. The Morgan fingerprint density at radius 1 is 1.09 bits per heavy atom. The molecule has 0 saturated heterocycles. The maximum absolute atomic E-state index is 9.22. The molecule has 0 unspecified atom stereocenters. The normalized spacial score (nSPS) is 11.1. The number of rotatable bonds is 2. The van der Waals surface area contributed by atoms with Gasteiger partial charge in [-0.15, -0.1) is 0 Å². The van der Waals surface area contributed by atoms with E-state index < -0.39 is 10.4 Å². The Labute approximate surface area is 134 Å². The second-order valence-electron chi connectivity index (χ2n) is 4.80. The first-order chi connectivity index (χ1) is 10.8. The highest BCUT2D eigenvalue weighted by Crippen LogP contribution is 2.23.